The van der Waals surface area contributed by atoms with Crippen LogP contribution >= 0.6 is 11.6 Å². The lowest BCUT2D eigenvalue weighted by molar-refractivity contribution is -0.114. The molecular formula is C20H17ClN4O2. The number of anilines is 2. The molecule has 0 radical (unpaired) electrons. The Balaban J connectivity index is 1.75. The Hall–Kier alpha value is -3.12. The summed E-state index contributed by atoms with van der Waals surface area (Å²) in [4.78, 5) is 22.6. The number of hydrogen-bond donors (Lipinski definition) is 1. The molecule has 1 aliphatic heterocycles. The van der Waals surface area contributed by atoms with Crippen LogP contribution in [-0.2, 0) is 11.3 Å². The van der Waals surface area contributed by atoms with Crippen LogP contribution in [0.25, 0.3) is 10.9 Å². The van der Waals surface area contributed by atoms with Crippen LogP contribution in [0.15, 0.2) is 55.4 Å². The molecule has 7 heteroatoms. The zero-order valence-corrected chi connectivity index (χ0v) is 15.2. The van der Waals surface area contributed by atoms with E-state index in [9.17, 15) is 4.79 Å². The van der Waals surface area contributed by atoms with E-state index >= 15 is 0 Å². The van der Waals surface area contributed by atoms with E-state index in [0.717, 1.165) is 16.5 Å². The minimum atomic E-state index is -0.163. The second-order valence-electron chi connectivity index (χ2n) is 6.06. The molecule has 2 aromatic carbocycles. The fourth-order valence-electron chi connectivity index (χ4n) is 3.14. The molecule has 6 nitrogen and oxygen atoms in total. The molecule has 0 saturated carbocycles. The summed E-state index contributed by atoms with van der Waals surface area (Å²) in [5.74, 6) is 1.08. The van der Waals surface area contributed by atoms with E-state index in [1.54, 1.807) is 4.90 Å². The molecule has 0 aliphatic carbocycles. The molecule has 4 rings (SSSR count). The van der Waals surface area contributed by atoms with Crippen LogP contribution in [0.2, 0.25) is 5.02 Å². The first-order valence-corrected chi connectivity index (χ1v) is 8.88. The van der Waals surface area contributed by atoms with Crippen molar-refractivity contribution in [2.45, 2.75) is 6.54 Å². The minimum Gasteiger partial charge on any atom is -0.489 e. The van der Waals surface area contributed by atoms with E-state index in [0.29, 0.717) is 42.0 Å². The number of nitrogens with one attached hydrogen (secondary N) is 1. The molecule has 1 aliphatic rings. The summed E-state index contributed by atoms with van der Waals surface area (Å²) < 4.78 is 5.90. The number of benzene rings is 2. The lowest BCUT2D eigenvalue weighted by Gasteiger charge is -2.29. The van der Waals surface area contributed by atoms with Gasteiger partial charge in [-0.15, -0.1) is 0 Å². The van der Waals surface area contributed by atoms with Gasteiger partial charge in [-0.3, -0.25) is 4.79 Å². The minimum absolute atomic E-state index is 0.163. The van der Waals surface area contributed by atoms with Crippen molar-refractivity contribution >= 4 is 39.9 Å². The lowest BCUT2D eigenvalue weighted by atomic mass is 10.1. The highest BCUT2D eigenvalue weighted by Gasteiger charge is 2.25. The molecule has 1 aromatic heterocycles. The van der Waals surface area contributed by atoms with Crippen LogP contribution < -0.4 is 15.0 Å². The number of rotatable bonds is 4. The normalized spacial score (nSPS) is 13.0. The molecule has 0 saturated heterocycles. The number of carbonyl (C=O) groups excluding carboxylic acids is 1. The quantitative estimate of drug-likeness (QED) is 0.697. The summed E-state index contributed by atoms with van der Waals surface area (Å²) in [7, 11) is 0. The zero-order chi connectivity index (χ0) is 18.8. The summed E-state index contributed by atoms with van der Waals surface area (Å²) in [5.41, 5.74) is 2.47. The molecule has 1 amide bonds. The Morgan fingerprint density at radius 1 is 1.33 bits per heavy atom. The van der Waals surface area contributed by atoms with Crippen molar-refractivity contribution in [3.63, 3.8) is 0 Å². The van der Waals surface area contributed by atoms with E-state index in [1.165, 1.54) is 12.4 Å². The van der Waals surface area contributed by atoms with Gasteiger partial charge in [0.05, 0.1) is 23.1 Å². The van der Waals surface area contributed by atoms with E-state index in [-0.39, 0.29) is 5.91 Å². The molecule has 0 atom stereocenters. The molecule has 2 heterocycles. The third-order valence-corrected chi connectivity index (χ3v) is 4.61. The highest BCUT2D eigenvalue weighted by atomic mass is 35.5. The van der Waals surface area contributed by atoms with Crippen LogP contribution in [0.4, 0.5) is 11.5 Å². The Morgan fingerprint density at radius 3 is 3.04 bits per heavy atom. The van der Waals surface area contributed by atoms with E-state index < -0.39 is 0 Å². The molecule has 136 valence electrons. The van der Waals surface area contributed by atoms with Gasteiger partial charge < -0.3 is 15.0 Å². The van der Waals surface area contributed by atoms with Crippen molar-refractivity contribution in [1.29, 1.82) is 0 Å². The van der Waals surface area contributed by atoms with Crippen LogP contribution in [0.5, 0.6) is 5.75 Å². The Bertz CT molecular complexity index is 1040. The van der Waals surface area contributed by atoms with Gasteiger partial charge in [-0.1, -0.05) is 30.3 Å². The average Bonchev–Trinajstić information content (AvgIpc) is 2.71. The number of ether oxygens (including phenoxy) is 1. The van der Waals surface area contributed by atoms with Crippen molar-refractivity contribution in [2.24, 2.45) is 0 Å². The SMILES string of the molecule is C=CC(=O)N1CCOc2c1ccc1ncnc(NCc3cccc(Cl)c3)c21. The van der Waals surface area contributed by atoms with Gasteiger partial charge in [-0.2, -0.15) is 0 Å². The van der Waals surface area contributed by atoms with Gasteiger partial charge in [0, 0.05) is 11.6 Å². The highest BCUT2D eigenvalue weighted by Crippen LogP contribution is 2.40. The monoisotopic (exact) mass is 380 g/mol. The first kappa shape index (κ1) is 17.3. The Labute approximate surface area is 161 Å². The second-order valence-corrected chi connectivity index (χ2v) is 6.49. The number of aromatic nitrogens is 2. The first-order chi connectivity index (χ1) is 13.2. The van der Waals surface area contributed by atoms with Gasteiger partial charge in [0.2, 0.25) is 0 Å². The van der Waals surface area contributed by atoms with Gasteiger partial charge in [0.25, 0.3) is 5.91 Å². The van der Waals surface area contributed by atoms with E-state index in [4.69, 9.17) is 16.3 Å². The van der Waals surface area contributed by atoms with Gasteiger partial charge in [0.15, 0.2) is 5.75 Å². The number of fused-ring (bicyclic) bond motifs is 3. The van der Waals surface area contributed by atoms with Crippen molar-refractivity contribution in [3.05, 3.63) is 66.0 Å². The van der Waals surface area contributed by atoms with E-state index in [1.807, 2.05) is 36.4 Å². The predicted octanol–water partition coefficient (Wildman–Crippen LogP) is 3.81. The van der Waals surface area contributed by atoms with Crippen molar-refractivity contribution in [2.75, 3.05) is 23.4 Å². The fraction of sp³-hybridized carbons (Fsp3) is 0.150. The maximum atomic E-state index is 12.2. The molecular weight excluding hydrogens is 364 g/mol. The van der Waals surface area contributed by atoms with Crippen molar-refractivity contribution in [3.8, 4) is 5.75 Å². The number of amides is 1. The van der Waals surface area contributed by atoms with Gasteiger partial charge in [-0.25, -0.2) is 9.97 Å². The number of hydrogen-bond acceptors (Lipinski definition) is 5. The smallest absolute Gasteiger partial charge is 0.250 e. The third-order valence-electron chi connectivity index (χ3n) is 4.38. The summed E-state index contributed by atoms with van der Waals surface area (Å²) in [6, 6.07) is 11.3. The summed E-state index contributed by atoms with van der Waals surface area (Å²) in [5, 5.41) is 4.76. The maximum absolute atomic E-state index is 12.2. The topological polar surface area (TPSA) is 67.4 Å². The van der Waals surface area contributed by atoms with Crippen LogP contribution in [-0.4, -0.2) is 29.0 Å². The van der Waals surface area contributed by atoms with Crippen molar-refractivity contribution in [1.82, 2.24) is 9.97 Å². The largest absolute Gasteiger partial charge is 0.489 e. The van der Waals surface area contributed by atoms with Crippen LogP contribution in [0.3, 0.4) is 0 Å². The van der Waals surface area contributed by atoms with Crippen LogP contribution in [0, 0.1) is 0 Å². The average molecular weight is 381 g/mol. The summed E-state index contributed by atoms with van der Waals surface area (Å²) in [6.45, 7) is 5.00. The Morgan fingerprint density at radius 2 is 2.22 bits per heavy atom. The molecule has 0 spiro atoms. The predicted molar refractivity (Wildman–Crippen MR) is 106 cm³/mol. The number of halogens is 1. The highest BCUT2D eigenvalue weighted by molar-refractivity contribution is 6.30. The number of nitrogens with zero attached hydrogens (tertiary/aromatic N) is 3. The first-order valence-electron chi connectivity index (χ1n) is 8.50. The van der Waals surface area contributed by atoms with Crippen LogP contribution in [0.1, 0.15) is 5.56 Å². The summed E-state index contributed by atoms with van der Waals surface area (Å²) >= 11 is 6.06. The summed E-state index contributed by atoms with van der Waals surface area (Å²) in [6.07, 6.45) is 2.81. The van der Waals surface area contributed by atoms with Crippen molar-refractivity contribution < 1.29 is 9.53 Å². The third kappa shape index (κ3) is 3.31. The van der Waals surface area contributed by atoms with Gasteiger partial charge in [-0.05, 0) is 35.9 Å². The molecule has 3 aromatic rings. The zero-order valence-electron chi connectivity index (χ0n) is 14.5. The van der Waals surface area contributed by atoms with Gasteiger partial charge in [0.1, 0.15) is 18.8 Å². The fourth-order valence-corrected chi connectivity index (χ4v) is 3.35. The Kier molecular flexibility index (Phi) is 4.64. The molecule has 0 bridgehead atoms. The molecule has 27 heavy (non-hydrogen) atoms. The molecule has 0 unspecified atom stereocenters. The molecule has 1 N–H and O–H groups in total. The maximum Gasteiger partial charge on any atom is 0.250 e. The second kappa shape index (κ2) is 7.25. The van der Waals surface area contributed by atoms with Gasteiger partial charge >= 0.3 is 0 Å². The molecule has 0 fully saturated rings. The lowest BCUT2D eigenvalue weighted by Crippen LogP contribution is -2.36. The van der Waals surface area contributed by atoms with E-state index in [2.05, 4.69) is 21.9 Å². The number of carbonyl (C=O) groups is 1. The standard InChI is InChI=1S/C20H17ClN4O2/c1-2-17(26)25-8-9-27-19-16(25)7-6-15-18(19)20(24-12-23-15)22-11-13-4-3-5-14(21)10-13/h2-7,10,12H,1,8-9,11H2,(H,22,23,24).